The van der Waals surface area contributed by atoms with Gasteiger partial charge in [-0.2, -0.15) is 5.26 Å². The van der Waals surface area contributed by atoms with E-state index >= 15 is 0 Å². The smallest absolute Gasteiger partial charge is 0.293 e. The highest BCUT2D eigenvalue weighted by Gasteiger charge is 2.35. The Balaban J connectivity index is 1.63. The van der Waals surface area contributed by atoms with Gasteiger partial charge in [-0.1, -0.05) is 24.3 Å². The molecule has 2 heterocycles. The van der Waals surface area contributed by atoms with Crippen LogP contribution in [0, 0.1) is 21.4 Å². The molecule has 9 heteroatoms. The van der Waals surface area contributed by atoms with Crippen LogP contribution in [0.3, 0.4) is 0 Å². The first-order valence-corrected chi connectivity index (χ1v) is 9.95. The van der Waals surface area contributed by atoms with Gasteiger partial charge in [0, 0.05) is 24.0 Å². The third kappa shape index (κ3) is 3.97. The van der Waals surface area contributed by atoms with Crippen molar-refractivity contribution in [2.75, 3.05) is 0 Å². The molecule has 8 nitrogen and oxygen atoms in total. The van der Waals surface area contributed by atoms with Gasteiger partial charge in [-0.05, 0) is 47.7 Å². The molecule has 2 aromatic carbocycles. The monoisotopic (exact) mass is 430 g/mol. The molecule has 0 unspecified atom stereocenters. The quantitative estimate of drug-likeness (QED) is 0.335. The van der Waals surface area contributed by atoms with Gasteiger partial charge < -0.3 is 4.57 Å². The van der Waals surface area contributed by atoms with Gasteiger partial charge in [-0.25, -0.2) is 0 Å². The van der Waals surface area contributed by atoms with Crippen molar-refractivity contribution in [2.45, 2.75) is 6.54 Å². The molecule has 1 aliphatic rings. The van der Waals surface area contributed by atoms with Gasteiger partial charge in [-0.3, -0.25) is 24.6 Å². The topological polar surface area (TPSA) is 109 Å². The van der Waals surface area contributed by atoms with Crippen LogP contribution in [0.15, 0.2) is 71.8 Å². The second-order valence-electron chi connectivity index (χ2n) is 6.62. The molecule has 1 aromatic heterocycles. The number of thioether (sulfide) groups is 1. The summed E-state index contributed by atoms with van der Waals surface area (Å²) in [4.78, 5) is 37.3. The number of non-ortho nitro benzene ring substituents is 1. The van der Waals surface area contributed by atoms with Gasteiger partial charge in [0.05, 0.1) is 33.7 Å². The summed E-state index contributed by atoms with van der Waals surface area (Å²) in [6.07, 6.45) is 3.30. The number of hydrogen-bond acceptors (Lipinski definition) is 6. The molecule has 1 aliphatic heterocycles. The lowest BCUT2D eigenvalue weighted by molar-refractivity contribution is -0.384. The summed E-state index contributed by atoms with van der Waals surface area (Å²) >= 11 is 0.819. The summed E-state index contributed by atoms with van der Waals surface area (Å²) in [5.74, 6) is -0.450. The van der Waals surface area contributed by atoms with Crippen LogP contribution in [0.2, 0.25) is 0 Å². The van der Waals surface area contributed by atoms with Crippen molar-refractivity contribution in [3.63, 3.8) is 0 Å². The summed E-state index contributed by atoms with van der Waals surface area (Å²) < 4.78 is 1.70. The van der Waals surface area contributed by atoms with E-state index in [-0.39, 0.29) is 17.1 Å². The molecule has 0 radical (unpaired) electrons. The number of imide groups is 1. The Bertz CT molecular complexity index is 1290. The molecule has 3 aromatic rings. The van der Waals surface area contributed by atoms with E-state index in [1.165, 1.54) is 12.1 Å². The molecule has 1 fully saturated rings. The SMILES string of the molecule is N#Cc1ccccc1CN1C(=O)S/C(=C\c2cccn2-c2cccc([N+](=O)[O-])c2)C1=O. The molecular formula is C22H14N4O4S. The molecule has 2 amide bonds. The van der Waals surface area contributed by atoms with Gasteiger partial charge in [0.1, 0.15) is 0 Å². The van der Waals surface area contributed by atoms with Crippen LogP contribution in [0.1, 0.15) is 16.8 Å². The lowest BCUT2D eigenvalue weighted by Crippen LogP contribution is -2.27. The minimum absolute atomic E-state index is 0.0115. The van der Waals surface area contributed by atoms with Crippen LogP contribution in [-0.2, 0) is 11.3 Å². The Labute approximate surface area is 181 Å². The molecule has 0 spiro atoms. The zero-order valence-corrected chi connectivity index (χ0v) is 16.8. The number of hydrogen-bond donors (Lipinski definition) is 0. The van der Waals surface area contributed by atoms with E-state index in [1.54, 1.807) is 65.4 Å². The molecule has 4 rings (SSSR count). The Morgan fingerprint density at radius 2 is 1.90 bits per heavy atom. The van der Waals surface area contributed by atoms with Crippen LogP contribution in [-0.4, -0.2) is 25.5 Å². The van der Waals surface area contributed by atoms with Crippen LogP contribution < -0.4 is 0 Å². The number of nitro benzene ring substituents is 1. The first kappa shape index (κ1) is 20.1. The normalized spacial score (nSPS) is 14.8. The molecular weight excluding hydrogens is 416 g/mol. The van der Waals surface area contributed by atoms with Crippen molar-refractivity contribution in [2.24, 2.45) is 0 Å². The van der Waals surface area contributed by atoms with Gasteiger partial charge in [-0.15, -0.1) is 0 Å². The zero-order chi connectivity index (χ0) is 22.0. The minimum atomic E-state index is -0.475. The molecule has 31 heavy (non-hydrogen) atoms. The lowest BCUT2D eigenvalue weighted by atomic mass is 10.1. The van der Waals surface area contributed by atoms with Gasteiger partial charge in [0.25, 0.3) is 16.8 Å². The number of nitriles is 1. The second-order valence-corrected chi connectivity index (χ2v) is 7.61. The van der Waals surface area contributed by atoms with Gasteiger partial charge >= 0.3 is 0 Å². The summed E-state index contributed by atoms with van der Waals surface area (Å²) in [6.45, 7) is 0.0115. The third-order valence-electron chi connectivity index (χ3n) is 4.72. The van der Waals surface area contributed by atoms with E-state index in [1.807, 2.05) is 0 Å². The van der Waals surface area contributed by atoms with Crippen molar-refractivity contribution in [3.8, 4) is 11.8 Å². The minimum Gasteiger partial charge on any atom is -0.317 e. The molecule has 0 aliphatic carbocycles. The van der Waals surface area contributed by atoms with Crippen molar-refractivity contribution >= 4 is 34.7 Å². The predicted octanol–water partition coefficient (Wildman–Crippen LogP) is 4.49. The van der Waals surface area contributed by atoms with E-state index in [4.69, 9.17) is 0 Å². The highest BCUT2D eigenvalue weighted by Crippen LogP contribution is 2.34. The number of carbonyl (C=O) groups excluding carboxylic acids is 2. The summed E-state index contributed by atoms with van der Waals surface area (Å²) in [7, 11) is 0. The summed E-state index contributed by atoms with van der Waals surface area (Å²) in [5, 5.41) is 19.9. The highest BCUT2D eigenvalue weighted by molar-refractivity contribution is 8.18. The summed E-state index contributed by atoms with van der Waals surface area (Å²) in [5.41, 5.74) is 2.11. The van der Waals surface area contributed by atoms with Crippen molar-refractivity contribution < 1.29 is 14.5 Å². The fourth-order valence-corrected chi connectivity index (χ4v) is 4.03. The maximum atomic E-state index is 12.9. The van der Waals surface area contributed by atoms with Gasteiger partial charge in [0.2, 0.25) is 0 Å². The third-order valence-corrected chi connectivity index (χ3v) is 5.63. The zero-order valence-electron chi connectivity index (χ0n) is 16.0. The molecule has 1 saturated heterocycles. The maximum Gasteiger partial charge on any atom is 0.293 e. The number of aromatic nitrogens is 1. The number of rotatable bonds is 5. The molecule has 0 N–H and O–H groups in total. The van der Waals surface area contributed by atoms with Crippen LogP contribution in [0.4, 0.5) is 10.5 Å². The van der Waals surface area contributed by atoms with Crippen molar-refractivity contribution in [1.29, 1.82) is 5.26 Å². The van der Waals surface area contributed by atoms with E-state index in [0.29, 0.717) is 22.5 Å². The standard InChI is InChI=1S/C22H14N4O4S/c23-13-15-5-1-2-6-16(15)14-25-21(27)20(31-22(25)28)12-18-9-4-10-24(18)17-7-3-8-19(11-17)26(29)30/h1-12H,14H2/b20-12-. The maximum absolute atomic E-state index is 12.9. The molecule has 0 atom stereocenters. The second kappa shape index (κ2) is 8.30. The van der Waals surface area contributed by atoms with Crippen molar-refractivity contribution in [3.05, 3.63) is 98.7 Å². The number of nitrogens with zero attached hydrogens (tertiary/aromatic N) is 4. The fraction of sp³-hybridized carbons (Fsp3) is 0.0455. The average Bonchev–Trinajstić information content (AvgIpc) is 3.34. The highest BCUT2D eigenvalue weighted by atomic mass is 32.2. The molecule has 0 saturated carbocycles. The number of carbonyl (C=O) groups is 2. The first-order valence-electron chi connectivity index (χ1n) is 9.13. The Morgan fingerprint density at radius 3 is 2.68 bits per heavy atom. The lowest BCUT2D eigenvalue weighted by Gasteiger charge is -2.13. The molecule has 0 bridgehead atoms. The first-order chi connectivity index (χ1) is 15.0. The average molecular weight is 430 g/mol. The summed E-state index contributed by atoms with van der Waals surface area (Å²) in [6, 6.07) is 18.5. The van der Waals surface area contributed by atoms with Gasteiger partial charge in [0.15, 0.2) is 0 Å². The number of amides is 2. The predicted molar refractivity (Wildman–Crippen MR) is 115 cm³/mol. The van der Waals surface area contributed by atoms with Crippen LogP contribution >= 0.6 is 11.8 Å². The van der Waals surface area contributed by atoms with E-state index in [9.17, 15) is 25.0 Å². The fourth-order valence-electron chi connectivity index (χ4n) is 3.21. The van der Waals surface area contributed by atoms with E-state index in [0.717, 1.165) is 16.7 Å². The molecule has 152 valence electrons. The largest absolute Gasteiger partial charge is 0.317 e. The number of nitro groups is 1. The number of benzene rings is 2. The Kier molecular flexibility index (Phi) is 5.39. The van der Waals surface area contributed by atoms with E-state index in [2.05, 4.69) is 6.07 Å². The van der Waals surface area contributed by atoms with Crippen molar-refractivity contribution in [1.82, 2.24) is 9.47 Å². The Hall–Kier alpha value is -4.16. The van der Waals surface area contributed by atoms with E-state index < -0.39 is 16.1 Å². The van der Waals surface area contributed by atoms with Crippen LogP contribution in [0.25, 0.3) is 11.8 Å². The Morgan fingerprint density at radius 1 is 1.10 bits per heavy atom. The van der Waals surface area contributed by atoms with Crippen LogP contribution in [0.5, 0.6) is 0 Å².